The van der Waals surface area contributed by atoms with E-state index in [-0.39, 0.29) is 0 Å². The van der Waals surface area contributed by atoms with Gasteiger partial charge in [-0.05, 0) is 37.3 Å². The van der Waals surface area contributed by atoms with Crippen molar-refractivity contribution in [1.29, 1.82) is 0 Å². The summed E-state index contributed by atoms with van der Waals surface area (Å²) < 4.78 is 0. The number of allylic oxidation sites excluding steroid dienone is 5. The highest BCUT2D eigenvalue weighted by Crippen LogP contribution is 2.20. The quantitative estimate of drug-likeness (QED) is 0.653. The van der Waals surface area contributed by atoms with Crippen LogP contribution >= 0.6 is 11.6 Å². The lowest BCUT2D eigenvalue weighted by atomic mass is 10.00. The zero-order valence-electron chi connectivity index (χ0n) is 8.96. The van der Waals surface area contributed by atoms with E-state index in [1.54, 1.807) is 0 Å². The lowest BCUT2D eigenvalue weighted by Gasteiger charge is -2.06. The Kier molecular flexibility index (Phi) is 7.54. The Morgan fingerprint density at radius 3 is 2.79 bits per heavy atom. The Bertz CT molecular complexity index is 228. The molecule has 0 heterocycles. The molecule has 1 aliphatic carbocycles. The fraction of sp³-hybridized carbons (Fsp3) is 0.500. The smallest absolute Gasteiger partial charge is 0.0405 e. The van der Waals surface area contributed by atoms with Crippen LogP contribution in [0.1, 0.15) is 26.2 Å². The fourth-order valence-electron chi connectivity index (χ4n) is 1.28. The molecule has 0 aromatic carbocycles. The summed E-state index contributed by atoms with van der Waals surface area (Å²) >= 11 is 5.92. The first-order valence-corrected chi connectivity index (χ1v) is 5.22. The van der Waals surface area contributed by atoms with Gasteiger partial charge in [0.25, 0.3) is 0 Å². The van der Waals surface area contributed by atoms with Gasteiger partial charge in [0.05, 0.1) is 0 Å². The molecule has 0 bridgehead atoms. The third kappa shape index (κ3) is 6.01. The molecule has 0 saturated carbocycles. The number of hydrogen-bond donors (Lipinski definition) is 1. The van der Waals surface area contributed by atoms with Crippen LogP contribution < -0.4 is 0 Å². The SMILES string of the molecule is C=C1/C=C(Cl)\C=C/CC(C)CC1.CO. The minimum atomic E-state index is 0.744. The van der Waals surface area contributed by atoms with E-state index < -0.39 is 0 Å². The van der Waals surface area contributed by atoms with Crippen LogP contribution in [0.15, 0.2) is 35.4 Å². The Hall–Kier alpha value is -0.530. The first-order chi connectivity index (χ1) is 6.68. The van der Waals surface area contributed by atoms with Gasteiger partial charge >= 0.3 is 0 Å². The van der Waals surface area contributed by atoms with Crippen molar-refractivity contribution in [3.05, 3.63) is 35.4 Å². The minimum Gasteiger partial charge on any atom is -0.400 e. The summed E-state index contributed by atoms with van der Waals surface area (Å²) in [5.41, 5.74) is 1.14. The second kappa shape index (κ2) is 7.84. The van der Waals surface area contributed by atoms with Crippen LogP contribution in [0.2, 0.25) is 0 Å². The molecule has 0 spiro atoms. The Labute approximate surface area is 91.8 Å². The van der Waals surface area contributed by atoms with Gasteiger partial charge in [0.2, 0.25) is 0 Å². The maximum absolute atomic E-state index is 7.00. The van der Waals surface area contributed by atoms with Crippen molar-refractivity contribution in [3.63, 3.8) is 0 Å². The second-order valence-electron chi connectivity index (χ2n) is 3.47. The molecule has 1 atom stereocenters. The summed E-state index contributed by atoms with van der Waals surface area (Å²) in [6.45, 7) is 6.21. The topological polar surface area (TPSA) is 20.2 Å². The zero-order chi connectivity index (χ0) is 11.0. The summed E-state index contributed by atoms with van der Waals surface area (Å²) in [6, 6.07) is 0. The molecule has 1 rings (SSSR count). The van der Waals surface area contributed by atoms with Crippen LogP contribution in [0.5, 0.6) is 0 Å². The van der Waals surface area contributed by atoms with Gasteiger partial charge in [-0.3, -0.25) is 0 Å². The van der Waals surface area contributed by atoms with E-state index in [0.29, 0.717) is 0 Å². The van der Waals surface area contributed by atoms with Crippen molar-refractivity contribution >= 4 is 11.6 Å². The Morgan fingerprint density at radius 1 is 1.50 bits per heavy atom. The van der Waals surface area contributed by atoms with Gasteiger partial charge in [0.1, 0.15) is 0 Å². The van der Waals surface area contributed by atoms with E-state index in [4.69, 9.17) is 16.7 Å². The molecule has 0 aromatic heterocycles. The van der Waals surface area contributed by atoms with Crippen molar-refractivity contribution < 1.29 is 5.11 Å². The van der Waals surface area contributed by atoms with E-state index in [2.05, 4.69) is 19.6 Å². The monoisotopic (exact) mass is 214 g/mol. The van der Waals surface area contributed by atoms with E-state index in [1.807, 2.05) is 12.2 Å². The summed E-state index contributed by atoms with van der Waals surface area (Å²) in [5.74, 6) is 0.744. The predicted octanol–water partition coefficient (Wildman–Crippen LogP) is 3.65. The molecular formula is C12H19ClO. The molecule has 1 N–H and O–H groups in total. The van der Waals surface area contributed by atoms with Crippen molar-refractivity contribution in [2.75, 3.05) is 7.11 Å². The van der Waals surface area contributed by atoms with Gasteiger partial charge in [-0.1, -0.05) is 36.8 Å². The largest absolute Gasteiger partial charge is 0.400 e. The van der Waals surface area contributed by atoms with E-state index in [0.717, 1.165) is 36.5 Å². The molecule has 0 aromatic rings. The van der Waals surface area contributed by atoms with E-state index in [1.165, 1.54) is 6.42 Å². The Balaban J connectivity index is 0.000000791. The third-order valence-corrected chi connectivity index (χ3v) is 2.35. The number of aliphatic hydroxyl groups excluding tert-OH is 1. The van der Waals surface area contributed by atoms with Gasteiger partial charge in [-0.2, -0.15) is 0 Å². The molecule has 1 nitrogen and oxygen atoms in total. The van der Waals surface area contributed by atoms with Gasteiger partial charge < -0.3 is 5.11 Å². The van der Waals surface area contributed by atoms with E-state index in [9.17, 15) is 0 Å². The molecular weight excluding hydrogens is 196 g/mol. The van der Waals surface area contributed by atoms with Crippen LogP contribution in [0.4, 0.5) is 0 Å². The molecule has 2 heteroatoms. The van der Waals surface area contributed by atoms with Gasteiger partial charge in [-0.15, -0.1) is 0 Å². The highest BCUT2D eigenvalue weighted by Gasteiger charge is 2.02. The molecule has 0 saturated heterocycles. The van der Waals surface area contributed by atoms with Gasteiger partial charge in [0.15, 0.2) is 0 Å². The van der Waals surface area contributed by atoms with Crippen molar-refractivity contribution in [2.45, 2.75) is 26.2 Å². The molecule has 14 heavy (non-hydrogen) atoms. The lowest BCUT2D eigenvalue weighted by Crippen LogP contribution is -1.91. The standard InChI is InChI=1S/C11H15Cl.CH4O/c1-9-4-3-5-11(12)8-10(2)7-6-9;1-2/h3,5,8-9H,2,4,6-7H2,1H3;2H,1H3/b5-3-,11-8+;. The average molecular weight is 215 g/mol. The van der Waals surface area contributed by atoms with Crippen molar-refractivity contribution in [2.24, 2.45) is 5.92 Å². The first kappa shape index (κ1) is 13.5. The molecule has 1 aliphatic rings. The summed E-state index contributed by atoms with van der Waals surface area (Å²) in [4.78, 5) is 0. The predicted molar refractivity (Wildman–Crippen MR) is 63.4 cm³/mol. The van der Waals surface area contributed by atoms with Crippen LogP contribution in [-0.2, 0) is 0 Å². The van der Waals surface area contributed by atoms with Crippen molar-refractivity contribution in [1.82, 2.24) is 0 Å². The van der Waals surface area contributed by atoms with Crippen LogP contribution in [0.25, 0.3) is 0 Å². The number of halogens is 1. The number of aliphatic hydroxyl groups is 1. The summed E-state index contributed by atoms with van der Waals surface area (Å²) in [6.07, 6.45) is 9.47. The summed E-state index contributed by atoms with van der Waals surface area (Å²) in [5, 5.41) is 7.80. The maximum atomic E-state index is 7.00. The number of hydrogen-bond acceptors (Lipinski definition) is 1. The number of rotatable bonds is 0. The molecule has 1 unspecified atom stereocenters. The zero-order valence-corrected chi connectivity index (χ0v) is 9.72. The van der Waals surface area contributed by atoms with Crippen molar-refractivity contribution in [3.8, 4) is 0 Å². The first-order valence-electron chi connectivity index (χ1n) is 4.84. The minimum absolute atomic E-state index is 0.744. The van der Waals surface area contributed by atoms with Gasteiger partial charge in [0, 0.05) is 12.1 Å². The van der Waals surface area contributed by atoms with Gasteiger partial charge in [-0.25, -0.2) is 0 Å². The van der Waals surface area contributed by atoms with E-state index >= 15 is 0 Å². The third-order valence-electron chi connectivity index (χ3n) is 2.12. The van der Waals surface area contributed by atoms with Crippen LogP contribution in [0.3, 0.4) is 0 Å². The normalized spacial score (nSPS) is 28.4. The molecule has 0 amide bonds. The Morgan fingerprint density at radius 2 is 2.14 bits per heavy atom. The molecule has 0 fully saturated rings. The van der Waals surface area contributed by atoms with Crippen LogP contribution in [0, 0.1) is 5.92 Å². The fourth-order valence-corrected chi connectivity index (χ4v) is 1.52. The molecule has 0 radical (unpaired) electrons. The van der Waals surface area contributed by atoms with Crippen LogP contribution in [-0.4, -0.2) is 12.2 Å². The lowest BCUT2D eigenvalue weighted by molar-refractivity contribution is 0.399. The average Bonchev–Trinajstić information content (AvgIpc) is 2.23. The molecule has 80 valence electrons. The second-order valence-corrected chi connectivity index (χ2v) is 3.91. The maximum Gasteiger partial charge on any atom is 0.0405 e. The highest BCUT2D eigenvalue weighted by atomic mass is 35.5. The highest BCUT2D eigenvalue weighted by molar-refractivity contribution is 6.31. The summed E-state index contributed by atoms with van der Waals surface area (Å²) in [7, 11) is 1.00. The molecule has 0 aliphatic heterocycles.